The molecule has 134 valence electrons. The number of hydrogen-bond acceptors (Lipinski definition) is 2. The van der Waals surface area contributed by atoms with Crippen molar-refractivity contribution >= 4 is 11.8 Å². The van der Waals surface area contributed by atoms with Gasteiger partial charge in [0, 0.05) is 12.6 Å². The van der Waals surface area contributed by atoms with Crippen LogP contribution in [-0.4, -0.2) is 24.4 Å². The van der Waals surface area contributed by atoms with Crippen molar-refractivity contribution in [1.29, 1.82) is 0 Å². The third-order valence-electron chi connectivity index (χ3n) is 5.80. The Balaban J connectivity index is 1.34. The van der Waals surface area contributed by atoms with Crippen LogP contribution >= 0.6 is 0 Å². The van der Waals surface area contributed by atoms with E-state index in [2.05, 4.69) is 16.7 Å². The molecule has 0 spiro atoms. The Hall–Kier alpha value is -1.32. The zero-order valence-corrected chi connectivity index (χ0v) is 14.8. The average molecular weight is 332 g/mol. The fraction of sp³-hybridized carbons (Fsp3) is 0.800. The van der Waals surface area contributed by atoms with Gasteiger partial charge in [0.1, 0.15) is 0 Å². The Bertz CT molecular complexity index is 478. The summed E-state index contributed by atoms with van der Waals surface area (Å²) in [5, 5.41) is 6.22. The van der Waals surface area contributed by atoms with Crippen molar-refractivity contribution in [2.45, 2.75) is 83.1 Å². The van der Waals surface area contributed by atoms with Crippen molar-refractivity contribution in [1.82, 2.24) is 10.6 Å². The Morgan fingerprint density at radius 1 is 0.958 bits per heavy atom. The first-order valence-electron chi connectivity index (χ1n) is 10.00. The van der Waals surface area contributed by atoms with Crippen molar-refractivity contribution in [3.63, 3.8) is 0 Å². The van der Waals surface area contributed by atoms with Crippen molar-refractivity contribution in [3.05, 3.63) is 11.6 Å². The molecule has 2 unspecified atom stereocenters. The molecule has 2 atom stereocenters. The number of hydrogen-bond donors (Lipinski definition) is 2. The van der Waals surface area contributed by atoms with Gasteiger partial charge in [-0.1, -0.05) is 37.3 Å². The van der Waals surface area contributed by atoms with E-state index in [0.29, 0.717) is 6.04 Å². The maximum atomic E-state index is 12.3. The minimum absolute atomic E-state index is 0.0763. The third kappa shape index (κ3) is 5.09. The Labute approximate surface area is 145 Å². The highest BCUT2D eigenvalue weighted by Gasteiger charge is 2.48. The predicted molar refractivity (Wildman–Crippen MR) is 95.4 cm³/mol. The van der Waals surface area contributed by atoms with E-state index in [9.17, 15) is 9.59 Å². The summed E-state index contributed by atoms with van der Waals surface area (Å²) >= 11 is 0. The van der Waals surface area contributed by atoms with Gasteiger partial charge >= 0.3 is 0 Å². The first kappa shape index (κ1) is 17.5. The van der Waals surface area contributed by atoms with E-state index in [1.807, 2.05) is 0 Å². The molecule has 2 N–H and O–H groups in total. The first-order chi connectivity index (χ1) is 11.7. The standard InChI is InChI=1S/C20H32N2O2/c23-19(21-13-12-15-8-4-3-5-9-15)17-14-18(17)20(24)22-16-10-6-1-2-7-11-16/h8,16-18H,1-7,9-14H2,(H,21,23)(H,22,24). The topological polar surface area (TPSA) is 58.2 Å². The smallest absolute Gasteiger partial charge is 0.224 e. The van der Waals surface area contributed by atoms with E-state index >= 15 is 0 Å². The minimum Gasteiger partial charge on any atom is -0.356 e. The number of nitrogens with one attached hydrogen (secondary N) is 2. The van der Waals surface area contributed by atoms with Gasteiger partial charge in [0.25, 0.3) is 0 Å². The lowest BCUT2D eigenvalue weighted by molar-refractivity contribution is -0.127. The number of carbonyl (C=O) groups is 2. The molecule has 0 aromatic rings. The Morgan fingerprint density at radius 2 is 1.71 bits per heavy atom. The maximum absolute atomic E-state index is 12.3. The molecule has 2 amide bonds. The molecular formula is C20H32N2O2. The molecule has 2 fully saturated rings. The highest BCUT2D eigenvalue weighted by atomic mass is 16.2. The highest BCUT2D eigenvalue weighted by molar-refractivity contribution is 5.92. The van der Waals surface area contributed by atoms with Gasteiger partial charge < -0.3 is 10.6 Å². The predicted octanol–water partition coefficient (Wildman–Crippen LogP) is 3.47. The fourth-order valence-corrected chi connectivity index (χ4v) is 4.12. The van der Waals surface area contributed by atoms with Crippen LogP contribution in [0.15, 0.2) is 11.6 Å². The zero-order valence-electron chi connectivity index (χ0n) is 14.8. The monoisotopic (exact) mass is 332 g/mol. The third-order valence-corrected chi connectivity index (χ3v) is 5.80. The molecule has 0 aliphatic heterocycles. The Morgan fingerprint density at radius 3 is 2.42 bits per heavy atom. The second-order valence-corrected chi connectivity index (χ2v) is 7.79. The summed E-state index contributed by atoms with van der Waals surface area (Å²) in [6, 6.07) is 0.336. The SMILES string of the molecule is O=C(NCCC1=CCCCC1)C1CC1C(=O)NC1CCCCCC1. The molecule has 0 aromatic carbocycles. The summed E-state index contributed by atoms with van der Waals surface area (Å²) in [5.74, 6) is 0.0164. The molecule has 24 heavy (non-hydrogen) atoms. The van der Waals surface area contributed by atoms with Crippen molar-refractivity contribution < 1.29 is 9.59 Å². The fourth-order valence-electron chi connectivity index (χ4n) is 4.12. The summed E-state index contributed by atoms with van der Waals surface area (Å²) in [6.45, 7) is 0.720. The summed E-state index contributed by atoms with van der Waals surface area (Å²) < 4.78 is 0. The first-order valence-corrected chi connectivity index (χ1v) is 10.00. The van der Waals surface area contributed by atoms with Gasteiger partial charge in [-0.2, -0.15) is 0 Å². The van der Waals surface area contributed by atoms with Crippen LogP contribution in [0.2, 0.25) is 0 Å². The molecule has 3 aliphatic rings. The molecule has 0 bridgehead atoms. The maximum Gasteiger partial charge on any atom is 0.224 e. The zero-order chi connectivity index (χ0) is 16.8. The lowest BCUT2D eigenvalue weighted by Crippen LogP contribution is -2.37. The number of carbonyl (C=O) groups excluding carboxylic acids is 2. The van der Waals surface area contributed by atoms with Crippen LogP contribution < -0.4 is 10.6 Å². The molecule has 2 saturated carbocycles. The molecule has 0 saturated heterocycles. The highest BCUT2D eigenvalue weighted by Crippen LogP contribution is 2.39. The summed E-state index contributed by atoms with van der Waals surface area (Å²) in [7, 11) is 0. The van der Waals surface area contributed by atoms with E-state index in [1.165, 1.54) is 56.9 Å². The largest absolute Gasteiger partial charge is 0.356 e. The summed E-state index contributed by atoms with van der Waals surface area (Å²) in [6.07, 6.45) is 16.2. The van der Waals surface area contributed by atoms with E-state index in [4.69, 9.17) is 0 Å². The number of rotatable bonds is 6. The summed E-state index contributed by atoms with van der Waals surface area (Å²) in [4.78, 5) is 24.5. The second kappa shape index (κ2) is 8.68. The van der Waals surface area contributed by atoms with E-state index in [0.717, 1.165) is 32.2 Å². The van der Waals surface area contributed by atoms with Crippen LogP contribution in [0.1, 0.15) is 77.0 Å². The number of allylic oxidation sites excluding steroid dienone is 1. The van der Waals surface area contributed by atoms with Gasteiger partial charge in [-0.3, -0.25) is 9.59 Å². The van der Waals surface area contributed by atoms with Crippen molar-refractivity contribution in [2.75, 3.05) is 6.54 Å². The molecule has 0 heterocycles. The molecule has 0 radical (unpaired) electrons. The van der Waals surface area contributed by atoms with Gasteiger partial charge in [-0.25, -0.2) is 0 Å². The average Bonchev–Trinajstić information content (AvgIpc) is 3.40. The Kier molecular flexibility index (Phi) is 6.33. The van der Waals surface area contributed by atoms with Crippen LogP contribution in [0, 0.1) is 11.8 Å². The van der Waals surface area contributed by atoms with Gasteiger partial charge in [0.2, 0.25) is 11.8 Å². The van der Waals surface area contributed by atoms with Gasteiger partial charge in [-0.15, -0.1) is 0 Å². The van der Waals surface area contributed by atoms with Crippen LogP contribution in [0.3, 0.4) is 0 Å². The molecule has 4 heteroatoms. The van der Waals surface area contributed by atoms with E-state index < -0.39 is 0 Å². The van der Waals surface area contributed by atoms with Crippen LogP contribution in [0.4, 0.5) is 0 Å². The summed E-state index contributed by atoms with van der Waals surface area (Å²) in [5.41, 5.74) is 1.49. The van der Waals surface area contributed by atoms with Gasteiger partial charge in [0.05, 0.1) is 11.8 Å². The second-order valence-electron chi connectivity index (χ2n) is 7.79. The number of amides is 2. The quantitative estimate of drug-likeness (QED) is 0.578. The van der Waals surface area contributed by atoms with Crippen molar-refractivity contribution in [2.24, 2.45) is 11.8 Å². The van der Waals surface area contributed by atoms with Gasteiger partial charge in [-0.05, 0) is 51.4 Å². The minimum atomic E-state index is -0.0869. The lowest BCUT2D eigenvalue weighted by Gasteiger charge is -2.16. The lowest BCUT2D eigenvalue weighted by atomic mass is 9.97. The molecule has 3 aliphatic carbocycles. The van der Waals surface area contributed by atoms with Crippen LogP contribution in [0.5, 0.6) is 0 Å². The van der Waals surface area contributed by atoms with Gasteiger partial charge in [0.15, 0.2) is 0 Å². The van der Waals surface area contributed by atoms with Crippen LogP contribution in [-0.2, 0) is 9.59 Å². The molecule has 3 rings (SSSR count). The molecular weight excluding hydrogens is 300 g/mol. The normalized spacial score (nSPS) is 27.8. The van der Waals surface area contributed by atoms with Crippen molar-refractivity contribution in [3.8, 4) is 0 Å². The van der Waals surface area contributed by atoms with E-state index in [1.54, 1.807) is 0 Å². The van der Waals surface area contributed by atoms with Crippen LogP contribution in [0.25, 0.3) is 0 Å². The molecule has 0 aromatic heterocycles. The molecule has 4 nitrogen and oxygen atoms in total. The van der Waals surface area contributed by atoms with E-state index in [-0.39, 0.29) is 23.7 Å².